The molecule has 0 fully saturated rings. The summed E-state index contributed by atoms with van der Waals surface area (Å²) >= 11 is 0. The van der Waals surface area contributed by atoms with Crippen LogP contribution >= 0.6 is 0 Å². The first-order valence-electron chi connectivity index (χ1n) is 7.01. The van der Waals surface area contributed by atoms with Crippen molar-refractivity contribution >= 4 is 10.9 Å². The van der Waals surface area contributed by atoms with Gasteiger partial charge >= 0.3 is 0 Å². The summed E-state index contributed by atoms with van der Waals surface area (Å²) in [5.41, 5.74) is 9.96. The first-order valence-corrected chi connectivity index (χ1v) is 7.01. The number of nitrogens with zero attached hydrogens (tertiary/aromatic N) is 1. The van der Waals surface area contributed by atoms with Crippen LogP contribution in [0.25, 0.3) is 10.9 Å². The lowest BCUT2D eigenvalue weighted by molar-refractivity contribution is 0.455. The van der Waals surface area contributed by atoms with E-state index < -0.39 is 0 Å². The van der Waals surface area contributed by atoms with Crippen molar-refractivity contribution in [2.75, 3.05) is 0 Å². The van der Waals surface area contributed by atoms with E-state index in [0.717, 1.165) is 27.8 Å². The van der Waals surface area contributed by atoms with E-state index in [0.29, 0.717) is 12.4 Å². The Morgan fingerprint density at radius 3 is 2.62 bits per heavy atom. The van der Waals surface area contributed by atoms with E-state index in [-0.39, 0.29) is 0 Å². The van der Waals surface area contributed by atoms with Gasteiger partial charge in [-0.05, 0) is 37.6 Å². The molecule has 3 heteroatoms. The number of hydrogen-bond donors (Lipinski definition) is 1. The highest BCUT2D eigenvalue weighted by atomic mass is 16.5. The maximum absolute atomic E-state index is 6.00. The Labute approximate surface area is 124 Å². The van der Waals surface area contributed by atoms with Gasteiger partial charge in [0.2, 0.25) is 5.88 Å². The average Bonchev–Trinajstić information content (AvgIpc) is 2.49. The van der Waals surface area contributed by atoms with Crippen LogP contribution in [0.15, 0.2) is 48.5 Å². The summed E-state index contributed by atoms with van der Waals surface area (Å²) in [6.45, 7) is 4.50. The normalized spacial score (nSPS) is 10.8. The van der Waals surface area contributed by atoms with E-state index in [4.69, 9.17) is 10.5 Å². The summed E-state index contributed by atoms with van der Waals surface area (Å²) in [5.74, 6) is 1.40. The lowest BCUT2D eigenvalue weighted by Crippen LogP contribution is -2.02. The second-order valence-corrected chi connectivity index (χ2v) is 5.22. The molecule has 0 unspecified atom stereocenters. The predicted molar refractivity (Wildman–Crippen MR) is 85.6 cm³/mol. The SMILES string of the molecule is Cc1ccc(Oc2nc3ccccc3cc2CN)c(C)c1. The van der Waals surface area contributed by atoms with Gasteiger partial charge in [-0.15, -0.1) is 0 Å². The fourth-order valence-corrected chi connectivity index (χ4v) is 2.39. The van der Waals surface area contributed by atoms with Crippen LogP contribution in [-0.2, 0) is 6.54 Å². The van der Waals surface area contributed by atoms with Crippen LogP contribution in [-0.4, -0.2) is 4.98 Å². The number of ether oxygens (including phenoxy) is 1. The maximum atomic E-state index is 6.00. The number of para-hydroxylation sites is 1. The minimum absolute atomic E-state index is 0.401. The van der Waals surface area contributed by atoms with E-state index in [1.165, 1.54) is 5.56 Å². The molecule has 0 bridgehead atoms. The molecular formula is C18H18N2O. The van der Waals surface area contributed by atoms with Gasteiger partial charge in [0.05, 0.1) is 5.52 Å². The van der Waals surface area contributed by atoms with E-state index in [1.807, 2.05) is 49.4 Å². The molecule has 3 rings (SSSR count). The molecule has 0 saturated carbocycles. The van der Waals surface area contributed by atoms with Gasteiger partial charge in [-0.2, -0.15) is 0 Å². The molecule has 0 atom stereocenters. The number of aromatic nitrogens is 1. The van der Waals surface area contributed by atoms with Gasteiger partial charge in [0.25, 0.3) is 0 Å². The van der Waals surface area contributed by atoms with E-state index in [9.17, 15) is 0 Å². The van der Waals surface area contributed by atoms with E-state index in [1.54, 1.807) is 0 Å². The van der Waals surface area contributed by atoms with Gasteiger partial charge in [-0.25, -0.2) is 4.98 Å². The molecule has 2 N–H and O–H groups in total. The zero-order valence-corrected chi connectivity index (χ0v) is 12.3. The fourth-order valence-electron chi connectivity index (χ4n) is 2.39. The van der Waals surface area contributed by atoms with Gasteiger partial charge in [-0.1, -0.05) is 35.9 Å². The number of aryl methyl sites for hydroxylation is 2. The highest BCUT2D eigenvalue weighted by Crippen LogP contribution is 2.29. The van der Waals surface area contributed by atoms with Crippen molar-refractivity contribution in [3.63, 3.8) is 0 Å². The van der Waals surface area contributed by atoms with Crippen LogP contribution < -0.4 is 10.5 Å². The second kappa shape index (κ2) is 5.54. The quantitative estimate of drug-likeness (QED) is 0.784. The molecule has 0 aliphatic heterocycles. The lowest BCUT2D eigenvalue weighted by atomic mass is 10.1. The van der Waals surface area contributed by atoms with Crippen LogP contribution in [0.3, 0.4) is 0 Å². The first-order chi connectivity index (χ1) is 10.2. The number of pyridine rings is 1. The molecule has 0 aliphatic rings. The molecule has 3 aromatic rings. The third-order valence-electron chi connectivity index (χ3n) is 3.52. The highest BCUT2D eigenvalue weighted by molar-refractivity contribution is 5.80. The zero-order valence-electron chi connectivity index (χ0n) is 12.3. The van der Waals surface area contributed by atoms with Gasteiger partial charge in [0, 0.05) is 17.5 Å². The highest BCUT2D eigenvalue weighted by Gasteiger charge is 2.09. The monoisotopic (exact) mass is 278 g/mol. The number of rotatable bonds is 3. The van der Waals surface area contributed by atoms with E-state index >= 15 is 0 Å². The first kappa shape index (κ1) is 13.6. The largest absolute Gasteiger partial charge is 0.438 e. The number of fused-ring (bicyclic) bond motifs is 1. The topological polar surface area (TPSA) is 48.1 Å². The van der Waals surface area contributed by atoms with Crippen LogP contribution in [0.5, 0.6) is 11.6 Å². The van der Waals surface area contributed by atoms with Crippen LogP contribution in [0, 0.1) is 13.8 Å². The van der Waals surface area contributed by atoms with Crippen molar-refractivity contribution in [1.29, 1.82) is 0 Å². The molecule has 0 aliphatic carbocycles. The zero-order chi connectivity index (χ0) is 14.8. The molecule has 0 saturated heterocycles. The number of nitrogens with two attached hydrogens (primary N) is 1. The molecule has 3 nitrogen and oxygen atoms in total. The molecule has 2 aromatic carbocycles. The Morgan fingerprint density at radius 1 is 1.05 bits per heavy atom. The third kappa shape index (κ3) is 2.73. The molecule has 0 spiro atoms. The van der Waals surface area contributed by atoms with Crippen molar-refractivity contribution in [3.05, 3.63) is 65.2 Å². The fraction of sp³-hybridized carbons (Fsp3) is 0.167. The van der Waals surface area contributed by atoms with Gasteiger partial charge in [-0.3, -0.25) is 0 Å². The Balaban J connectivity index is 2.06. The van der Waals surface area contributed by atoms with Crippen molar-refractivity contribution in [2.24, 2.45) is 5.73 Å². The summed E-state index contributed by atoms with van der Waals surface area (Å²) in [7, 11) is 0. The lowest BCUT2D eigenvalue weighted by Gasteiger charge is -2.12. The predicted octanol–water partition coefficient (Wildman–Crippen LogP) is 4.10. The summed E-state index contributed by atoms with van der Waals surface area (Å²) in [4.78, 5) is 4.60. The van der Waals surface area contributed by atoms with Crippen molar-refractivity contribution in [3.8, 4) is 11.6 Å². The Kier molecular flexibility index (Phi) is 3.59. The van der Waals surface area contributed by atoms with Crippen LogP contribution in [0.4, 0.5) is 0 Å². The van der Waals surface area contributed by atoms with Crippen molar-refractivity contribution in [1.82, 2.24) is 4.98 Å². The minimum Gasteiger partial charge on any atom is -0.438 e. The van der Waals surface area contributed by atoms with Gasteiger partial charge in [0.1, 0.15) is 5.75 Å². The summed E-state index contributed by atoms with van der Waals surface area (Å²) < 4.78 is 6.00. The Bertz CT molecular complexity index is 796. The molecular weight excluding hydrogens is 260 g/mol. The molecule has 106 valence electrons. The smallest absolute Gasteiger partial charge is 0.224 e. The Morgan fingerprint density at radius 2 is 1.86 bits per heavy atom. The minimum atomic E-state index is 0.401. The van der Waals surface area contributed by atoms with E-state index in [2.05, 4.69) is 18.0 Å². The standard InChI is InChI=1S/C18H18N2O/c1-12-7-8-17(13(2)9-12)21-18-15(11-19)10-14-5-3-4-6-16(14)20-18/h3-10H,11,19H2,1-2H3. The second-order valence-electron chi connectivity index (χ2n) is 5.22. The molecule has 0 radical (unpaired) electrons. The van der Waals surface area contributed by atoms with Gasteiger partial charge < -0.3 is 10.5 Å². The molecule has 21 heavy (non-hydrogen) atoms. The summed E-state index contributed by atoms with van der Waals surface area (Å²) in [6.07, 6.45) is 0. The number of hydrogen-bond acceptors (Lipinski definition) is 3. The van der Waals surface area contributed by atoms with Crippen molar-refractivity contribution in [2.45, 2.75) is 20.4 Å². The molecule has 1 aromatic heterocycles. The Hall–Kier alpha value is -2.39. The van der Waals surface area contributed by atoms with Crippen LogP contribution in [0.2, 0.25) is 0 Å². The average molecular weight is 278 g/mol. The third-order valence-corrected chi connectivity index (χ3v) is 3.52. The van der Waals surface area contributed by atoms with Crippen molar-refractivity contribution < 1.29 is 4.74 Å². The maximum Gasteiger partial charge on any atom is 0.224 e. The summed E-state index contributed by atoms with van der Waals surface area (Å²) in [6, 6.07) is 16.1. The molecule has 1 heterocycles. The van der Waals surface area contributed by atoms with Crippen LogP contribution in [0.1, 0.15) is 16.7 Å². The summed E-state index contributed by atoms with van der Waals surface area (Å²) in [5, 5.41) is 1.07. The molecule has 0 amide bonds. The van der Waals surface area contributed by atoms with Gasteiger partial charge in [0.15, 0.2) is 0 Å². The number of benzene rings is 2.